The summed E-state index contributed by atoms with van der Waals surface area (Å²) in [6.45, 7) is 9.53. The molecular formula is C17H33ClO14P2. The van der Waals surface area contributed by atoms with Crippen molar-refractivity contribution in [1.82, 2.24) is 0 Å². The lowest BCUT2D eigenvalue weighted by molar-refractivity contribution is -0.283. The third kappa shape index (κ3) is 10.2. The molecule has 0 heterocycles. The molecule has 0 aliphatic carbocycles. The fourth-order valence-corrected chi connectivity index (χ4v) is 6.33. The van der Waals surface area contributed by atoms with E-state index >= 15 is 0 Å². The molecule has 0 saturated carbocycles. The van der Waals surface area contributed by atoms with Gasteiger partial charge in [-0.25, -0.2) is 33.5 Å². The zero-order chi connectivity index (χ0) is 26.5. The monoisotopic (exact) mass is 558 g/mol. The van der Waals surface area contributed by atoms with Gasteiger partial charge in [0.15, 0.2) is 0 Å². The van der Waals surface area contributed by atoms with Crippen molar-refractivity contribution in [2.24, 2.45) is 0 Å². The van der Waals surface area contributed by atoms with Gasteiger partial charge in [-0.15, -0.1) is 18.7 Å². The second-order valence-corrected chi connectivity index (χ2v) is 11.9. The van der Waals surface area contributed by atoms with E-state index in [2.05, 4.69) is 0 Å². The van der Waals surface area contributed by atoms with E-state index in [-0.39, 0.29) is 26.4 Å². The van der Waals surface area contributed by atoms with Gasteiger partial charge in [-0.1, -0.05) is 0 Å². The minimum Gasteiger partial charge on any atom is -0.429 e. The predicted molar refractivity (Wildman–Crippen MR) is 116 cm³/mol. The first-order chi connectivity index (χ1) is 15.8. The molecule has 0 amide bonds. The number of hydrogen-bond donors (Lipinski definition) is 0. The zero-order valence-electron chi connectivity index (χ0n) is 20.2. The third-order valence-electron chi connectivity index (χ3n) is 3.21. The highest BCUT2D eigenvalue weighted by molar-refractivity contribution is 7.73. The SMILES string of the molecule is CCOOP(=O)(OOCC)C(CCC(=O)Cl)(OC(=O)OC(C)(C)C)P(=O)(OOCC)OOCC. The van der Waals surface area contributed by atoms with E-state index in [9.17, 15) is 18.7 Å². The van der Waals surface area contributed by atoms with Crippen molar-refractivity contribution in [2.45, 2.75) is 72.0 Å². The van der Waals surface area contributed by atoms with Gasteiger partial charge >= 0.3 is 26.4 Å². The minimum absolute atomic E-state index is 0.195. The number of hydrogen-bond acceptors (Lipinski definition) is 14. The Bertz CT molecular complexity index is 668. The standard InChI is InChI=1S/C17H33ClO14P2/c1-8-23-29-33(21,30-24-9-2)17(13-12-14(18)19,28-15(20)27-16(5,6)7)34(22,31-25-10-3)32-26-11-4/h8-13H2,1-7H3. The average Bonchev–Trinajstić information content (AvgIpc) is 2.74. The van der Waals surface area contributed by atoms with Gasteiger partial charge < -0.3 is 9.47 Å². The van der Waals surface area contributed by atoms with Crippen LogP contribution in [-0.4, -0.2) is 48.5 Å². The first kappa shape index (κ1) is 33.4. The molecule has 14 nitrogen and oxygen atoms in total. The van der Waals surface area contributed by atoms with Gasteiger partial charge in [0.05, 0.1) is 26.4 Å². The Morgan fingerprint density at radius 2 is 1.06 bits per heavy atom. The molecular weight excluding hydrogens is 526 g/mol. The van der Waals surface area contributed by atoms with Gasteiger partial charge in [0, 0.05) is 12.8 Å². The van der Waals surface area contributed by atoms with E-state index < -0.39 is 50.1 Å². The van der Waals surface area contributed by atoms with Crippen LogP contribution >= 0.6 is 26.8 Å². The normalized spacial score (nSPS) is 13.1. The van der Waals surface area contributed by atoms with Gasteiger partial charge in [0.1, 0.15) is 5.60 Å². The molecule has 0 aromatic carbocycles. The molecule has 34 heavy (non-hydrogen) atoms. The van der Waals surface area contributed by atoms with E-state index in [1.165, 1.54) is 48.5 Å². The van der Waals surface area contributed by atoms with E-state index in [4.69, 9.17) is 59.3 Å². The van der Waals surface area contributed by atoms with Gasteiger partial charge in [-0.3, -0.25) is 4.79 Å². The van der Waals surface area contributed by atoms with Crippen LogP contribution in [0, 0.1) is 0 Å². The lowest BCUT2D eigenvalue weighted by atomic mass is 10.2. The molecule has 0 bridgehead atoms. The fraction of sp³-hybridized carbons (Fsp3) is 0.882. The number of rotatable bonds is 18. The molecule has 0 rings (SSSR count). The smallest absolute Gasteiger partial charge is 0.429 e. The molecule has 0 fully saturated rings. The fourth-order valence-electron chi connectivity index (χ4n) is 2.00. The Hall–Kier alpha value is -0.630. The summed E-state index contributed by atoms with van der Waals surface area (Å²) in [5.74, 6) is 0. The Morgan fingerprint density at radius 1 is 0.706 bits per heavy atom. The highest BCUT2D eigenvalue weighted by atomic mass is 35.5. The molecule has 0 spiro atoms. The molecule has 17 heteroatoms. The van der Waals surface area contributed by atoms with Crippen LogP contribution in [0.25, 0.3) is 0 Å². The molecule has 0 aromatic rings. The van der Waals surface area contributed by atoms with Crippen LogP contribution in [-0.2, 0) is 61.6 Å². The van der Waals surface area contributed by atoms with Crippen molar-refractivity contribution >= 4 is 38.2 Å². The summed E-state index contributed by atoms with van der Waals surface area (Å²) in [4.78, 5) is 43.4. The Morgan fingerprint density at radius 3 is 1.32 bits per heavy atom. The summed E-state index contributed by atoms with van der Waals surface area (Å²) >= 11 is 5.47. The minimum atomic E-state index is -5.22. The largest absolute Gasteiger partial charge is 0.510 e. The summed E-state index contributed by atoms with van der Waals surface area (Å²) < 4.78 is 58.0. The summed E-state index contributed by atoms with van der Waals surface area (Å²) in [7, 11) is -10.4. The van der Waals surface area contributed by atoms with Crippen LogP contribution in [0.5, 0.6) is 0 Å². The Labute approximate surface area is 203 Å². The van der Waals surface area contributed by atoms with Gasteiger partial charge in [0.25, 0.3) is 0 Å². The summed E-state index contributed by atoms with van der Waals surface area (Å²) in [6, 6.07) is 0. The number of halogens is 1. The van der Waals surface area contributed by atoms with Crippen LogP contribution < -0.4 is 0 Å². The van der Waals surface area contributed by atoms with Crippen molar-refractivity contribution in [2.75, 3.05) is 26.4 Å². The quantitative estimate of drug-likeness (QED) is 0.0691. The maximum Gasteiger partial charge on any atom is 0.510 e. The van der Waals surface area contributed by atoms with E-state index in [1.807, 2.05) is 0 Å². The highest BCUT2D eigenvalue weighted by Gasteiger charge is 2.73. The van der Waals surface area contributed by atoms with Crippen molar-refractivity contribution in [3.05, 3.63) is 0 Å². The van der Waals surface area contributed by atoms with Crippen molar-refractivity contribution < 1.29 is 66.4 Å². The zero-order valence-corrected chi connectivity index (χ0v) is 22.8. The van der Waals surface area contributed by atoms with Crippen LogP contribution in [0.2, 0.25) is 0 Å². The van der Waals surface area contributed by atoms with Crippen LogP contribution in [0.3, 0.4) is 0 Å². The molecule has 0 atom stereocenters. The molecule has 0 saturated heterocycles. The predicted octanol–water partition coefficient (Wildman–Crippen LogP) is 5.40. The topological polar surface area (TPSA) is 161 Å². The van der Waals surface area contributed by atoms with E-state index in [0.29, 0.717) is 0 Å². The van der Waals surface area contributed by atoms with E-state index in [1.54, 1.807) is 0 Å². The Kier molecular flexibility index (Phi) is 15.2. The first-order valence-electron chi connectivity index (χ1n) is 10.3. The molecule has 0 radical (unpaired) electrons. The molecule has 0 aliphatic heterocycles. The maximum atomic E-state index is 14.0. The molecule has 202 valence electrons. The van der Waals surface area contributed by atoms with Crippen molar-refractivity contribution in [3.63, 3.8) is 0 Å². The highest BCUT2D eigenvalue weighted by Crippen LogP contribution is 2.80. The summed E-state index contributed by atoms with van der Waals surface area (Å²) in [5, 5.41) is -4.13. The molecule has 0 N–H and O–H groups in total. The lowest BCUT2D eigenvalue weighted by Crippen LogP contribution is -2.40. The van der Waals surface area contributed by atoms with Crippen molar-refractivity contribution in [3.8, 4) is 0 Å². The van der Waals surface area contributed by atoms with Crippen molar-refractivity contribution in [1.29, 1.82) is 0 Å². The lowest BCUT2D eigenvalue weighted by Gasteiger charge is -2.38. The Balaban J connectivity index is 7.08. The average molecular weight is 559 g/mol. The molecule has 0 unspecified atom stereocenters. The summed E-state index contributed by atoms with van der Waals surface area (Å²) in [5.41, 5.74) is -1.12. The second-order valence-electron chi connectivity index (χ2n) is 7.08. The van der Waals surface area contributed by atoms with Crippen LogP contribution in [0.4, 0.5) is 4.79 Å². The first-order valence-corrected chi connectivity index (χ1v) is 13.8. The number of carbonyl (C=O) groups excluding carboxylic acids is 2. The van der Waals surface area contributed by atoms with Crippen LogP contribution in [0.15, 0.2) is 0 Å². The summed E-state index contributed by atoms with van der Waals surface area (Å²) in [6.07, 6.45) is -3.13. The molecule has 0 aliphatic rings. The third-order valence-corrected chi connectivity index (χ3v) is 8.42. The maximum absolute atomic E-state index is 14.0. The van der Waals surface area contributed by atoms with Gasteiger partial charge in [-0.2, -0.15) is 0 Å². The van der Waals surface area contributed by atoms with Gasteiger partial charge in [0.2, 0.25) is 5.24 Å². The number of carbonyl (C=O) groups is 2. The number of ether oxygens (including phenoxy) is 2. The van der Waals surface area contributed by atoms with E-state index in [0.717, 1.165) is 0 Å². The van der Waals surface area contributed by atoms with Gasteiger partial charge in [-0.05, 0) is 60.1 Å². The molecule has 0 aromatic heterocycles. The second kappa shape index (κ2) is 15.5. The van der Waals surface area contributed by atoms with Crippen LogP contribution in [0.1, 0.15) is 61.3 Å².